The van der Waals surface area contributed by atoms with Crippen LogP contribution in [0.2, 0.25) is 0 Å². The van der Waals surface area contributed by atoms with E-state index in [0.29, 0.717) is 19.3 Å². The first-order valence-electron chi connectivity index (χ1n) is 13.0. The number of nitrogens with zero attached hydrogens (tertiary/aromatic N) is 4. The molecule has 0 fully saturated rings. The van der Waals surface area contributed by atoms with Crippen LogP contribution in [0.3, 0.4) is 0 Å². The molecule has 0 aromatic heterocycles. The Labute approximate surface area is 227 Å². The largest absolute Gasteiger partial charge is 0.453 e. The van der Waals surface area contributed by atoms with E-state index < -0.39 is 22.7 Å². The van der Waals surface area contributed by atoms with E-state index in [1.165, 1.54) is 6.92 Å². The van der Waals surface area contributed by atoms with Gasteiger partial charge in [0.05, 0.1) is 30.2 Å². The van der Waals surface area contributed by atoms with E-state index in [-0.39, 0.29) is 30.8 Å². The van der Waals surface area contributed by atoms with Gasteiger partial charge in [-0.15, -0.1) is 18.4 Å². The molecule has 0 N–H and O–H groups in total. The maximum atomic E-state index is 11.3. The second-order valence-electron chi connectivity index (χ2n) is 9.77. The van der Waals surface area contributed by atoms with Gasteiger partial charge in [0.15, 0.2) is 17.4 Å². The number of esters is 1. The van der Waals surface area contributed by atoms with Crippen LogP contribution in [0.25, 0.3) is 0 Å². The summed E-state index contributed by atoms with van der Waals surface area (Å²) < 4.78 is 5.01. The van der Waals surface area contributed by atoms with Crippen molar-refractivity contribution < 1.29 is 9.53 Å². The molecule has 4 unspecified atom stereocenters. The van der Waals surface area contributed by atoms with Crippen molar-refractivity contribution in [2.24, 2.45) is 34.5 Å². The highest BCUT2D eigenvalue weighted by Crippen LogP contribution is 2.51. The summed E-state index contributed by atoms with van der Waals surface area (Å²) in [4.78, 5) is 11.3. The molecule has 2 aliphatic rings. The van der Waals surface area contributed by atoms with E-state index in [9.17, 15) is 25.8 Å². The number of ether oxygens (including phenoxy) is 1. The molecule has 6 heteroatoms. The molecule has 194 valence electrons. The van der Waals surface area contributed by atoms with Crippen LogP contribution in [-0.4, -0.2) is 12.6 Å². The van der Waals surface area contributed by atoms with E-state index in [4.69, 9.17) is 4.74 Å². The highest BCUT2D eigenvalue weighted by molar-refractivity contribution is 5.66. The minimum absolute atomic E-state index is 0.102. The third-order valence-electron chi connectivity index (χ3n) is 7.68. The first kappa shape index (κ1) is 30.0. The molecule has 2 rings (SSSR count). The van der Waals surface area contributed by atoms with Gasteiger partial charge in [-0.3, -0.25) is 4.79 Å². The Morgan fingerprint density at radius 2 is 1.87 bits per heavy atom. The number of nitriles is 4. The molecule has 38 heavy (non-hydrogen) atoms. The highest BCUT2D eigenvalue weighted by Gasteiger charge is 2.50. The minimum Gasteiger partial charge on any atom is -0.453 e. The van der Waals surface area contributed by atoms with Crippen LogP contribution in [0.5, 0.6) is 0 Å². The van der Waals surface area contributed by atoms with Crippen LogP contribution in [0.1, 0.15) is 65.7 Å². The molecule has 0 aliphatic heterocycles. The first-order chi connectivity index (χ1) is 18.3. The highest BCUT2D eigenvalue weighted by atomic mass is 16.5. The molecule has 4 atom stereocenters. The van der Waals surface area contributed by atoms with E-state index in [1.807, 2.05) is 19.1 Å². The normalized spacial score (nSPS) is 21.5. The first-order valence-corrected chi connectivity index (χ1v) is 13.0. The van der Waals surface area contributed by atoms with Gasteiger partial charge in [0.2, 0.25) is 0 Å². The van der Waals surface area contributed by atoms with Crippen LogP contribution >= 0.6 is 0 Å². The van der Waals surface area contributed by atoms with Crippen LogP contribution in [0, 0.1) is 104 Å². The lowest BCUT2D eigenvalue weighted by Gasteiger charge is -2.41. The quantitative estimate of drug-likeness (QED) is 0.229. The zero-order chi connectivity index (χ0) is 28.2. The zero-order valence-electron chi connectivity index (χ0n) is 22.5. The van der Waals surface area contributed by atoms with Gasteiger partial charge >= 0.3 is 5.97 Å². The van der Waals surface area contributed by atoms with Gasteiger partial charge in [-0.25, -0.2) is 0 Å². The monoisotopic (exact) mass is 506 g/mol. The lowest BCUT2D eigenvalue weighted by atomic mass is 9.58. The molecular weight excluding hydrogens is 472 g/mol. The van der Waals surface area contributed by atoms with Crippen molar-refractivity contribution in [2.45, 2.75) is 65.7 Å². The smallest absolute Gasteiger partial charge is 0.303 e. The summed E-state index contributed by atoms with van der Waals surface area (Å²) in [6, 6.07) is 9.11. The molecule has 0 spiro atoms. The Morgan fingerprint density at radius 1 is 1.16 bits per heavy atom. The van der Waals surface area contributed by atoms with Gasteiger partial charge in [-0.05, 0) is 68.4 Å². The molecule has 0 radical (unpaired) electrons. The second kappa shape index (κ2) is 13.9. The van der Waals surface area contributed by atoms with Crippen LogP contribution in [-0.2, 0) is 9.53 Å². The van der Waals surface area contributed by atoms with Gasteiger partial charge in [-0.2, -0.15) is 21.0 Å². The Kier molecular flexibility index (Phi) is 11.0. The lowest BCUT2D eigenvalue weighted by molar-refractivity contribution is -0.139. The molecule has 0 saturated carbocycles. The molecular formula is C32H34N4O2. The Hall–Kier alpha value is -4.23. The molecule has 0 saturated heterocycles. The number of carbonyl (C=O) groups is 1. The van der Waals surface area contributed by atoms with Gasteiger partial charge < -0.3 is 4.74 Å². The van der Waals surface area contributed by atoms with Gasteiger partial charge in [0.1, 0.15) is 0 Å². The minimum atomic E-state index is -1.51. The van der Waals surface area contributed by atoms with E-state index >= 15 is 0 Å². The van der Waals surface area contributed by atoms with Crippen molar-refractivity contribution in [1.29, 1.82) is 21.0 Å². The van der Waals surface area contributed by atoms with Gasteiger partial charge in [0.25, 0.3) is 0 Å². The standard InChI is InChI=1S/C32H34N4O2/c1-5-8-17-31(20-33,21-34)28-16-15-27(19-26(28)7-3)30(14-11-18-38-24(4)37)32(22-35,23-36)29-13-10-9-12-25(29)6-2/h6,13,16,25-27,30H,2,7,9-10,12,15,17-19H2,1,3-4H3. The lowest BCUT2D eigenvalue weighted by Crippen LogP contribution is -2.40. The third kappa shape index (κ3) is 6.18. The number of rotatable bonds is 8. The molecule has 6 nitrogen and oxygen atoms in total. The summed E-state index contributed by atoms with van der Waals surface area (Å²) in [6.45, 7) is 8.81. The maximum Gasteiger partial charge on any atom is 0.303 e. The van der Waals surface area contributed by atoms with Crippen LogP contribution in [0.15, 0.2) is 36.0 Å². The predicted octanol–water partition coefficient (Wildman–Crippen LogP) is 5.92. The fourth-order valence-electron chi connectivity index (χ4n) is 5.71. The molecule has 0 heterocycles. The Bertz CT molecular complexity index is 1240. The van der Waals surface area contributed by atoms with Crippen LogP contribution in [0.4, 0.5) is 0 Å². The number of allylic oxidation sites excluding steroid dienone is 5. The van der Waals surface area contributed by atoms with Gasteiger partial charge in [-0.1, -0.05) is 37.0 Å². The molecule has 0 aromatic carbocycles. The number of hydrogen-bond donors (Lipinski definition) is 0. The number of hydrogen-bond acceptors (Lipinski definition) is 6. The number of carbonyl (C=O) groups excluding carboxylic acids is 1. The van der Waals surface area contributed by atoms with Crippen molar-refractivity contribution in [1.82, 2.24) is 0 Å². The summed E-state index contributed by atoms with van der Waals surface area (Å²) in [7, 11) is 0. The maximum absolute atomic E-state index is 11.3. The van der Waals surface area contributed by atoms with Crippen molar-refractivity contribution in [3.05, 3.63) is 36.0 Å². The summed E-state index contributed by atoms with van der Waals surface area (Å²) in [5, 5.41) is 41.1. The van der Waals surface area contributed by atoms with Crippen LogP contribution < -0.4 is 0 Å². The Balaban J connectivity index is 2.65. The van der Waals surface area contributed by atoms with Crippen molar-refractivity contribution in [2.75, 3.05) is 6.61 Å². The van der Waals surface area contributed by atoms with Gasteiger partial charge in [0, 0.05) is 19.3 Å². The van der Waals surface area contributed by atoms with E-state index in [1.54, 1.807) is 13.0 Å². The zero-order valence-corrected chi connectivity index (χ0v) is 22.5. The average Bonchev–Trinajstić information content (AvgIpc) is 2.95. The molecule has 0 aromatic rings. The third-order valence-corrected chi connectivity index (χ3v) is 7.68. The SMILES string of the molecule is C=CC1CCCC=C1C(C#N)(C#N)C(C#CCOC(C)=O)C1CC=C(C(C#N)(C#N)CC#CC)C(CC)C1. The summed E-state index contributed by atoms with van der Waals surface area (Å²) in [6.07, 6.45) is 10.1. The van der Waals surface area contributed by atoms with Crippen molar-refractivity contribution in [3.63, 3.8) is 0 Å². The molecule has 0 amide bonds. The van der Waals surface area contributed by atoms with Crippen molar-refractivity contribution >= 4 is 5.97 Å². The summed E-state index contributed by atoms with van der Waals surface area (Å²) in [5.41, 5.74) is -1.35. The fourth-order valence-corrected chi connectivity index (χ4v) is 5.71. The average molecular weight is 507 g/mol. The topological polar surface area (TPSA) is 121 Å². The van der Waals surface area contributed by atoms with E-state index in [2.05, 4.69) is 54.5 Å². The molecule has 0 bridgehead atoms. The summed E-state index contributed by atoms with van der Waals surface area (Å²) >= 11 is 0. The van der Waals surface area contributed by atoms with E-state index in [0.717, 1.165) is 30.4 Å². The predicted molar refractivity (Wildman–Crippen MR) is 143 cm³/mol. The second-order valence-corrected chi connectivity index (χ2v) is 9.77. The molecule has 2 aliphatic carbocycles. The fraction of sp³-hybridized carbons (Fsp3) is 0.531. The summed E-state index contributed by atoms with van der Waals surface area (Å²) in [5.74, 6) is 10.2. The van der Waals surface area contributed by atoms with Crippen molar-refractivity contribution in [3.8, 4) is 48.0 Å². The Morgan fingerprint density at radius 3 is 2.42 bits per heavy atom.